The Labute approximate surface area is 147 Å². The van der Waals surface area contributed by atoms with Gasteiger partial charge in [0.25, 0.3) is 0 Å². The normalized spacial score (nSPS) is 10.4. The molecular weight excluding hydrogens is 412 g/mol. The molecule has 0 bridgehead atoms. The predicted molar refractivity (Wildman–Crippen MR) is 96.8 cm³/mol. The van der Waals surface area contributed by atoms with Gasteiger partial charge in [0.2, 0.25) is 0 Å². The van der Waals surface area contributed by atoms with Crippen LogP contribution in [0.15, 0.2) is 30.3 Å². The van der Waals surface area contributed by atoms with Gasteiger partial charge in [0.05, 0.1) is 21.3 Å². The van der Waals surface area contributed by atoms with E-state index in [0.29, 0.717) is 10.7 Å². The van der Waals surface area contributed by atoms with Gasteiger partial charge in [0.15, 0.2) is 0 Å². The van der Waals surface area contributed by atoms with Crippen LogP contribution in [0, 0.1) is 0 Å². The van der Waals surface area contributed by atoms with Crippen LogP contribution in [-0.2, 0) is 10.7 Å². The van der Waals surface area contributed by atoms with Crippen molar-refractivity contribution in [1.82, 2.24) is 0 Å². The second kappa shape index (κ2) is 7.88. The molecule has 0 amide bonds. The van der Waals surface area contributed by atoms with Crippen LogP contribution < -0.4 is 14.2 Å². The number of hydrogen-bond acceptors (Lipinski definition) is 3. The second-order valence-electron chi connectivity index (χ2n) is 4.61. The SMILES string of the molecule is COc1ccc(-c2c(CBr)c(OC)cc(OC)c2CBr)cc1. The molecule has 0 radical (unpaired) electrons. The molecule has 0 saturated heterocycles. The summed E-state index contributed by atoms with van der Waals surface area (Å²) < 4.78 is 16.3. The van der Waals surface area contributed by atoms with E-state index in [1.807, 2.05) is 30.3 Å². The van der Waals surface area contributed by atoms with Crippen molar-refractivity contribution in [1.29, 1.82) is 0 Å². The lowest BCUT2D eigenvalue weighted by molar-refractivity contribution is 0.390. The van der Waals surface area contributed by atoms with Crippen molar-refractivity contribution in [3.05, 3.63) is 41.5 Å². The van der Waals surface area contributed by atoms with Gasteiger partial charge < -0.3 is 14.2 Å². The number of benzene rings is 2. The number of methoxy groups -OCH3 is 3. The molecule has 0 unspecified atom stereocenters. The molecule has 5 heteroatoms. The van der Waals surface area contributed by atoms with E-state index in [2.05, 4.69) is 31.9 Å². The highest BCUT2D eigenvalue weighted by Gasteiger charge is 2.19. The van der Waals surface area contributed by atoms with E-state index in [4.69, 9.17) is 14.2 Å². The fourth-order valence-electron chi connectivity index (χ4n) is 2.46. The van der Waals surface area contributed by atoms with E-state index >= 15 is 0 Å². The van der Waals surface area contributed by atoms with Gasteiger partial charge in [0, 0.05) is 27.9 Å². The van der Waals surface area contributed by atoms with Gasteiger partial charge in [-0.3, -0.25) is 0 Å². The van der Waals surface area contributed by atoms with E-state index in [-0.39, 0.29) is 0 Å². The Bertz CT molecular complexity index is 609. The molecule has 3 nitrogen and oxygen atoms in total. The van der Waals surface area contributed by atoms with Crippen LogP contribution in [0.3, 0.4) is 0 Å². The molecule has 0 aliphatic carbocycles. The van der Waals surface area contributed by atoms with Crippen LogP contribution in [0.25, 0.3) is 11.1 Å². The third-order valence-electron chi connectivity index (χ3n) is 3.55. The van der Waals surface area contributed by atoms with Crippen LogP contribution in [0.5, 0.6) is 17.2 Å². The third kappa shape index (κ3) is 3.25. The summed E-state index contributed by atoms with van der Waals surface area (Å²) in [7, 11) is 5.01. The van der Waals surface area contributed by atoms with Gasteiger partial charge in [-0.05, 0) is 23.3 Å². The number of rotatable bonds is 6. The van der Waals surface area contributed by atoms with Gasteiger partial charge in [0.1, 0.15) is 17.2 Å². The topological polar surface area (TPSA) is 27.7 Å². The van der Waals surface area contributed by atoms with E-state index in [1.54, 1.807) is 21.3 Å². The standard InChI is InChI=1S/C17H18Br2O3/c1-20-12-6-4-11(5-7-12)17-13(9-18)15(21-2)8-16(22-3)14(17)10-19/h4-8H,9-10H2,1-3H3. The number of ether oxygens (including phenoxy) is 3. The zero-order chi connectivity index (χ0) is 16.1. The molecule has 0 spiro atoms. The summed E-state index contributed by atoms with van der Waals surface area (Å²) in [4.78, 5) is 0. The maximum atomic E-state index is 5.54. The van der Waals surface area contributed by atoms with Crippen molar-refractivity contribution in [2.75, 3.05) is 21.3 Å². The van der Waals surface area contributed by atoms with Gasteiger partial charge in [-0.2, -0.15) is 0 Å². The highest BCUT2D eigenvalue weighted by Crippen LogP contribution is 2.42. The van der Waals surface area contributed by atoms with Gasteiger partial charge in [-0.25, -0.2) is 0 Å². The molecule has 22 heavy (non-hydrogen) atoms. The zero-order valence-electron chi connectivity index (χ0n) is 12.8. The third-order valence-corrected chi connectivity index (χ3v) is 4.67. The number of alkyl halides is 2. The summed E-state index contributed by atoms with van der Waals surface area (Å²) in [5, 5.41) is 1.39. The Morgan fingerprint density at radius 3 is 1.64 bits per heavy atom. The van der Waals surface area contributed by atoms with Crippen molar-refractivity contribution < 1.29 is 14.2 Å². The Morgan fingerprint density at radius 1 is 0.773 bits per heavy atom. The van der Waals surface area contributed by atoms with Gasteiger partial charge in [-0.1, -0.05) is 44.0 Å². The van der Waals surface area contributed by atoms with Gasteiger partial charge in [-0.15, -0.1) is 0 Å². The maximum Gasteiger partial charge on any atom is 0.127 e. The van der Waals surface area contributed by atoms with Crippen LogP contribution >= 0.6 is 31.9 Å². The molecule has 0 aliphatic rings. The molecule has 0 saturated carbocycles. The van der Waals surface area contributed by atoms with E-state index < -0.39 is 0 Å². The average Bonchev–Trinajstić information content (AvgIpc) is 2.59. The van der Waals surface area contributed by atoms with E-state index in [0.717, 1.165) is 39.5 Å². The molecule has 0 fully saturated rings. The van der Waals surface area contributed by atoms with Crippen molar-refractivity contribution in [2.24, 2.45) is 0 Å². The molecule has 0 atom stereocenters. The lowest BCUT2D eigenvalue weighted by atomic mass is 9.94. The van der Waals surface area contributed by atoms with Crippen LogP contribution in [0.1, 0.15) is 11.1 Å². The van der Waals surface area contributed by atoms with Crippen LogP contribution in [0.4, 0.5) is 0 Å². The van der Waals surface area contributed by atoms with Crippen molar-refractivity contribution in [3.8, 4) is 28.4 Å². The van der Waals surface area contributed by atoms with Crippen molar-refractivity contribution in [2.45, 2.75) is 10.7 Å². The lowest BCUT2D eigenvalue weighted by Gasteiger charge is -2.19. The zero-order valence-corrected chi connectivity index (χ0v) is 16.0. The smallest absolute Gasteiger partial charge is 0.127 e. The first-order valence-electron chi connectivity index (χ1n) is 6.73. The molecule has 2 aromatic carbocycles. The molecule has 118 valence electrons. The quantitative estimate of drug-likeness (QED) is 0.593. The minimum Gasteiger partial charge on any atom is -0.497 e. The Hall–Kier alpha value is -1.20. The molecule has 0 N–H and O–H groups in total. The van der Waals surface area contributed by atoms with Crippen LogP contribution in [0.2, 0.25) is 0 Å². The second-order valence-corrected chi connectivity index (χ2v) is 5.73. The first-order chi connectivity index (χ1) is 10.7. The molecule has 0 aromatic heterocycles. The number of halogens is 2. The van der Waals surface area contributed by atoms with E-state index in [1.165, 1.54) is 0 Å². The minimum atomic E-state index is 0.696. The summed E-state index contributed by atoms with van der Waals surface area (Å²) in [6.07, 6.45) is 0. The minimum absolute atomic E-state index is 0.696. The Balaban J connectivity index is 2.73. The molecular formula is C17H18Br2O3. The van der Waals surface area contributed by atoms with Crippen molar-refractivity contribution in [3.63, 3.8) is 0 Å². The maximum absolute atomic E-state index is 5.54. The monoisotopic (exact) mass is 428 g/mol. The van der Waals surface area contributed by atoms with Gasteiger partial charge >= 0.3 is 0 Å². The summed E-state index contributed by atoms with van der Waals surface area (Å²) in [6, 6.07) is 9.94. The average molecular weight is 430 g/mol. The molecule has 0 aliphatic heterocycles. The number of hydrogen-bond donors (Lipinski definition) is 0. The van der Waals surface area contributed by atoms with Crippen molar-refractivity contribution >= 4 is 31.9 Å². The first-order valence-corrected chi connectivity index (χ1v) is 8.97. The Morgan fingerprint density at radius 2 is 1.27 bits per heavy atom. The summed E-state index contributed by atoms with van der Waals surface area (Å²) in [5.74, 6) is 2.45. The highest BCUT2D eigenvalue weighted by atomic mass is 79.9. The summed E-state index contributed by atoms with van der Waals surface area (Å²) in [5.41, 5.74) is 4.42. The summed E-state index contributed by atoms with van der Waals surface area (Å²) in [6.45, 7) is 0. The largest absolute Gasteiger partial charge is 0.497 e. The fourth-order valence-corrected chi connectivity index (χ4v) is 3.57. The fraction of sp³-hybridized carbons (Fsp3) is 0.294. The molecule has 2 aromatic rings. The molecule has 2 rings (SSSR count). The first kappa shape index (κ1) is 17.2. The van der Waals surface area contributed by atoms with Crippen LogP contribution in [-0.4, -0.2) is 21.3 Å². The predicted octanol–water partition coefficient (Wildman–Crippen LogP) is 5.17. The highest BCUT2D eigenvalue weighted by molar-refractivity contribution is 9.08. The Kier molecular flexibility index (Phi) is 6.15. The van der Waals surface area contributed by atoms with E-state index in [9.17, 15) is 0 Å². The molecule has 0 heterocycles. The summed E-state index contributed by atoms with van der Waals surface area (Å²) >= 11 is 7.15. The lowest BCUT2D eigenvalue weighted by Crippen LogP contribution is -2.01.